The third kappa shape index (κ3) is 2.56. The Labute approximate surface area is 111 Å². The smallest absolute Gasteiger partial charge is 0.319 e. The molecule has 2 aromatic rings. The summed E-state index contributed by atoms with van der Waals surface area (Å²) in [5.41, 5.74) is 1.74. The molecule has 5 nitrogen and oxygen atoms in total. The molecule has 2 amide bonds. The number of carbonyl (C=O) groups is 1. The Kier molecular flexibility index (Phi) is 2.91. The number of hydrogen-bond donors (Lipinski definition) is 4. The average Bonchev–Trinajstić information content (AvgIpc) is 3.06. The van der Waals surface area contributed by atoms with Crippen LogP contribution in [0, 0.1) is 5.41 Å². The molecule has 1 aromatic carbocycles. The molecule has 1 saturated carbocycles. The van der Waals surface area contributed by atoms with E-state index in [4.69, 9.17) is 0 Å². The molecule has 5 heteroatoms. The SMILES string of the molecule is O=C(NCC1(CO)CC1)Nc1ccc2[nH]ccc2c1. The van der Waals surface area contributed by atoms with Gasteiger partial charge in [0.25, 0.3) is 0 Å². The maximum Gasteiger partial charge on any atom is 0.319 e. The zero-order valence-electron chi connectivity index (χ0n) is 10.6. The molecule has 1 aliphatic carbocycles. The lowest BCUT2D eigenvalue weighted by molar-refractivity contribution is 0.206. The topological polar surface area (TPSA) is 77.2 Å². The Morgan fingerprint density at radius 2 is 2.21 bits per heavy atom. The van der Waals surface area contributed by atoms with Crippen LogP contribution in [0.25, 0.3) is 10.9 Å². The fourth-order valence-corrected chi connectivity index (χ4v) is 2.14. The van der Waals surface area contributed by atoms with E-state index in [9.17, 15) is 9.90 Å². The van der Waals surface area contributed by atoms with Gasteiger partial charge in [-0.1, -0.05) is 0 Å². The molecule has 100 valence electrons. The van der Waals surface area contributed by atoms with E-state index in [0.29, 0.717) is 6.54 Å². The second kappa shape index (κ2) is 4.59. The molecule has 0 bridgehead atoms. The number of aromatic amines is 1. The Bertz CT molecular complexity index is 602. The zero-order valence-corrected chi connectivity index (χ0v) is 10.6. The fraction of sp³-hybridized carbons (Fsp3) is 0.357. The highest BCUT2D eigenvalue weighted by molar-refractivity contribution is 5.92. The van der Waals surface area contributed by atoms with Gasteiger partial charge < -0.3 is 20.7 Å². The van der Waals surface area contributed by atoms with Crippen molar-refractivity contribution in [1.29, 1.82) is 0 Å². The lowest BCUT2D eigenvalue weighted by Gasteiger charge is -2.13. The minimum Gasteiger partial charge on any atom is -0.396 e. The van der Waals surface area contributed by atoms with Gasteiger partial charge in [-0.25, -0.2) is 4.79 Å². The van der Waals surface area contributed by atoms with Gasteiger partial charge >= 0.3 is 6.03 Å². The van der Waals surface area contributed by atoms with E-state index in [-0.39, 0.29) is 18.1 Å². The van der Waals surface area contributed by atoms with E-state index < -0.39 is 0 Å². The summed E-state index contributed by atoms with van der Waals surface area (Å²) in [6.07, 6.45) is 3.84. The molecule has 1 aromatic heterocycles. The number of nitrogens with one attached hydrogen (secondary N) is 3. The van der Waals surface area contributed by atoms with E-state index in [1.165, 1.54) is 0 Å². The van der Waals surface area contributed by atoms with Crippen LogP contribution in [0.15, 0.2) is 30.5 Å². The predicted octanol–water partition coefficient (Wildman–Crippen LogP) is 2.06. The highest BCUT2D eigenvalue weighted by Gasteiger charge is 2.42. The van der Waals surface area contributed by atoms with E-state index in [2.05, 4.69) is 15.6 Å². The van der Waals surface area contributed by atoms with Gasteiger partial charge in [0.2, 0.25) is 0 Å². The number of fused-ring (bicyclic) bond motifs is 1. The van der Waals surface area contributed by atoms with Crippen molar-refractivity contribution in [2.24, 2.45) is 5.41 Å². The summed E-state index contributed by atoms with van der Waals surface area (Å²) in [6.45, 7) is 0.671. The number of H-pyrrole nitrogens is 1. The van der Waals surface area contributed by atoms with Crippen LogP contribution < -0.4 is 10.6 Å². The molecule has 4 N–H and O–H groups in total. The molecule has 0 atom stereocenters. The Morgan fingerprint density at radius 1 is 1.37 bits per heavy atom. The summed E-state index contributed by atoms with van der Waals surface area (Å²) in [5.74, 6) is 0. The van der Waals surface area contributed by atoms with E-state index in [1.54, 1.807) is 0 Å². The highest BCUT2D eigenvalue weighted by Crippen LogP contribution is 2.44. The van der Waals surface area contributed by atoms with Gasteiger partial charge in [0, 0.05) is 34.7 Å². The minimum atomic E-state index is -0.227. The number of amides is 2. The van der Waals surface area contributed by atoms with Crippen LogP contribution in [0.3, 0.4) is 0 Å². The van der Waals surface area contributed by atoms with Gasteiger partial charge in [0.05, 0.1) is 6.61 Å². The Hall–Kier alpha value is -2.01. The number of aliphatic hydroxyl groups excluding tert-OH is 1. The third-order valence-corrected chi connectivity index (χ3v) is 3.73. The first kappa shape index (κ1) is 12.0. The first-order chi connectivity index (χ1) is 9.21. The second-order valence-corrected chi connectivity index (χ2v) is 5.25. The number of hydrogen-bond acceptors (Lipinski definition) is 2. The predicted molar refractivity (Wildman–Crippen MR) is 74.1 cm³/mol. The van der Waals surface area contributed by atoms with Crippen molar-refractivity contribution >= 4 is 22.6 Å². The standard InChI is InChI=1S/C14H17N3O2/c18-9-14(4-5-14)8-16-13(19)17-11-1-2-12-10(7-11)3-6-15-12/h1-3,6-7,15,18H,4-5,8-9H2,(H2,16,17,19). The van der Waals surface area contributed by atoms with Crippen LogP contribution >= 0.6 is 0 Å². The van der Waals surface area contributed by atoms with Crippen LogP contribution in [0.2, 0.25) is 0 Å². The van der Waals surface area contributed by atoms with Gasteiger partial charge in [-0.3, -0.25) is 0 Å². The molecule has 0 saturated heterocycles. The third-order valence-electron chi connectivity index (χ3n) is 3.73. The summed E-state index contributed by atoms with van der Waals surface area (Å²) < 4.78 is 0. The summed E-state index contributed by atoms with van der Waals surface area (Å²) in [7, 11) is 0. The number of carbonyl (C=O) groups excluding carboxylic acids is 1. The molecule has 1 aliphatic rings. The van der Waals surface area contributed by atoms with Crippen LogP contribution in [-0.2, 0) is 0 Å². The Morgan fingerprint density at radius 3 is 2.95 bits per heavy atom. The normalized spacial score (nSPS) is 16.3. The molecule has 3 rings (SSSR count). The van der Waals surface area contributed by atoms with Crippen molar-refractivity contribution < 1.29 is 9.90 Å². The average molecular weight is 259 g/mol. The van der Waals surface area contributed by atoms with Crippen molar-refractivity contribution in [2.45, 2.75) is 12.8 Å². The van der Waals surface area contributed by atoms with Crippen molar-refractivity contribution in [3.05, 3.63) is 30.5 Å². The van der Waals surface area contributed by atoms with E-state index in [0.717, 1.165) is 29.4 Å². The van der Waals surface area contributed by atoms with Gasteiger partial charge in [0.1, 0.15) is 0 Å². The largest absolute Gasteiger partial charge is 0.396 e. The zero-order chi connectivity index (χ0) is 13.3. The van der Waals surface area contributed by atoms with Gasteiger partial charge in [-0.15, -0.1) is 0 Å². The summed E-state index contributed by atoms with van der Waals surface area (Å²) in [6, 6.07) is 7.45. The van der Waals surface area contributed by atoms with Crippen LogP contribution in [0.4, 0.5) is 10.5 Å². The molecular formula is C14H17N3O2. The number of urea groups is 1. The maximum absolute atomic E-state index is 11.8. The quantitative estimate of drug-likeness (QED) is 0.678. The molecule has 0 radical (unpaired) electrons. The lowest BCUT2D eigenvalue weighted by Crippen LogP contribution is -2.35. The summed E-state index contributed by atoms with van der Waals surface area (Å²) in [4.78, 5) is 14.9. The minimum absolute atomic E-state index is 0.0675. The molecule has 0 spiro atoms. The van der Waals surface area contributed by atoms with Crippen molar-refractivity contribution in [2.75, 3.05) is 18.5 Å². The number of benzene rings is 1. The molecule has 1 fully saturated rings. The van der Waals surface area contributed by atoms with Crippen LogP contribution in [0.5, 0.6) is 0 Å². The second-order valence-electron chi connectivity index (χ2n) is 5.25. The maximum atomic E-state index is 11.8. The molecule has 1 heterocycles. The number of rotatable bonds is 4. The first-order valence-electron chi connectivity index (χ1n) is 6.44. The van der Waals surface area contributed by atoms with E-state index >= 15 is 0 Å². The fourth-order valence-electron chi connectivity index (χ4n) is 2.14. The van der Waals surface area contributed by atoms with Gasteiger partial charge in [0.15, 0.2) is 0 Å². The Balaban J connectivity index is 1.59. The number of aliphatic hydroxyl groups is 1. The van der Waals surface area contributed by atoms with Crippen molar-refractivity contribution in [3.8, 4) is 0 Å². The van der Waals surface area contributed by atoms with Gasteiger partial charge in [-0.2, -0.15) is 0 Å². The number of anilines is 1. The van der Waals surface area contributed by atoms with Crippen molar-refractivity contribution in [1.82, 2.24) is 10.3 Å². The van der Waals surface area contributed by atoms with Crippen LogP contribution in [0.1, 0.15) is 12.8 Å². The molecule has 0 aliphatic heterocycles. The van der Waals surface area contributed by atoms with Crippen molar-refractivity contribution in [3.63, 3.8) is 0 Å². The number of aromatic nitrogens is 1. The molecule has 0 unspecified atom stereocenters. The summed E-state index contributed by atoms with van der Waals surface area (Å²) in [5, 5.41) is 15.9. The van der Waals surface area contributed by atoms with Gasteiger partial charge in [-0.05, 0) is 37.1 Å². The van der Waals surface area contributed by atoms with Crippen LogP contribution in [-0.4, -0.2) is 29.3 Å². The molecule has 19 heavy (non-hydrogen) atoms. The highest BCUT2D eigenvalue weighted by atomic mass is 16.3. The first-order valence-corrected chi connectivity index (χ1v) is 6.44. The lowest BCUT2D eigenvalue weighted by atomic mass is 10.1. The van der Waals surface area contributed by atoms with E-state index in [1.807, 2.05) is 30.5 Å². The monoisotopic (exact) mass is 259 g/mol. The summed E-state index contributed by atoms with van der Waals surface area (Å²) >= 11 is 0. The molecular weight excluding hydrogens is 242 g/mol.